The van der Waals surface area contributed by atoms with Crippen LogP contribution in [0, 0.1) is 0 Å². The average molecular weight is 403 g/mol. The van der Waals surface area contributed by atoms with E-state index < -0.39 is 0 Å². The van der Waals surface area contributed by atoms with Crippen LogP contribution in [0.15, 0.2) is 47.8 Å². The number of nitrogens with two attached hydrogens (primary N) is 1. The SMILES string of the molecule is C[C@H](N)c1ncc(-c2cnc(-c3ccc(C4CN=C([C@@H]5CCCN5)N4)cc3)cn2)[nH]1. The molecule has 1 aromatic carbocycles. The molecule has 3 atom stereocenters. The number of aromatic amines is 1. The molecule has 0 bridgehead atoms. The van der Waals surface area contributed by atoms with Gasteiger partial charge in [0, 0.05) is 5.56 Å². The first-order chi connectivity index (χ1) is 14.7. The summed E-state index contributed by atoms with van der Waals surface area (Å²) in [6.07, 6.45) is 7.67. The van der Waals surface area contributed by atoms with Crippen molar-refractivity contribution in [2.45, 2.75) is 37.9 Å². The highest BCUT2D eigenvalue weighted by Gasteiger charge is 2.27. The van der Waals surface area contributed by atoms with Crippen molar-refractivity contribution in [1.82, 2.24) is 30.6 Å². The predicted molar refractivity (Wildman–Crippen MR) is 117 cm³/mol. The molecule has 5 N–H and O–H groups in total. The molecule has 30 heavy (non-hydrogen) atoms. The minimum Gasteiger partial charge on any atom is -0.364 e. The molecule has 0 radical (unpaired) electrons. The number of H-pyrrole nitrogens is 1. The number of benzene rings is 1. The van der Waals surface area contributed by atoms with Crippen LogP contribution in [0.2, 0.25) is 0 Å². The fourth-order valence-electron chi connectivity index (χ4n) is 3.98. The fourth-order valence-corrected chi connectivity index (χ4v) is 3.98. The van der Waals surface area contributed by atoms with Crippen LogP contribution in [-0.4, -0.2) is 44.9 Å². The summed E-state index contributed by atoms with van der Waals surface area (Å²) in [5.41, 5.74) is 10.5. The Bertz CT molecular complexity index is 1030. The molecule has 8 heteroatoms. The Labute approximate surface area is 175 Å². The molecule has 154 valence electrons. The van der Waals surface area contributed by atoms with Crippen molar-refractivity contribution >= 4 is 5.84 Å². The van der Waals surface area contributed by atoms with E-state index in [-0.39, 0.29) is 12.1 Å². The minimum atomic E-state index is -0.144. The van der Waals surface area contributed by atoms with Gasteiger partial charge in [-0.1, -0.05) is 24.3 Å². The van der Waals surface area contributed by atoms with Crippen LogP contribution >= 0.6 is 0 Å². The number of aliphatic imine (C=N–C) groups is 1. The zero-order chi connectivity index (χ0) is 20.5. The second-order valence-electron chi connectivity index (χ2n) is 7.95. The zero-order valence-corrected chi connectivity index (χ0v) is 17.0. The highest BCUT2D eigenvalue weighted by Crippen LogP contribution is 2.24. The molecule has 4 heterocycles. The lowest BCUT2D eigenvalue weighted by atomic mass is 10.0. The van der Waals surface area contributed by atoms with Crippen molar-refractivity contribution in [3.8, 4) is 22.6 Å². The Kier molecular flexibility index (Phi) is 5.02. The van der Waals surface area contributed by atoms with Gasteiger partial charge in [0.05, 0.1) is 54.6 Å². The van der Waals surface area contributed by atoms with E-state index in [1.807, 2.05) is 6.92 Å². The van der Waals surface area contributed by atoms with E-state index >= 15 is 0 Å². The Balaban J connectivity index is 1.26. The summed E-state index contributed by atoms with van der Waals surface area (Å²) in [6.45, 7) is 3.76. The summed E-state index contributed by atoms with van der Waals surface area (Å²) in [4.78, 5) is 21.3. The molecule has 2 aromatic heterocycles. The first kappa shape index (κ1) is 18.9. The molecular weight excluding hydrogens is 376 g/mol. The van der Waals surface area contributed by atoms with Gasteiger partial charge < -0.3 is 21.4 Å². The largest absolute Gasteiger partial charge is 0.364 e. The summed E-state index contributed by atoms with van der Waals surface area (Å²) in [5, 5.41) is 7.09. The molecule has 8 nitrogen and oxygen atoms in total. The van der Waals surface area contributed by atoms with Crippen LogP contribution < -0.4 is 16.4 Å². The molecule has 3 aromatic rings. The van der Waals surface area contributed by atoms with Crippen molar-refractivity contribution < 1.29 is 0 Å². The molecule has 1 fully saturated rings. The van der Waals surface area contributed by atoms with Gasteiger partial charge in [-0.25, -0.2) is 4.98 Å². The van der Waals surface area contributed by atoms with Gasteiger partial charge in [0.25, 0.3) is 0 Å². The molecule has 5 rings (SSSR count). The van der Waals surface area contributed by atoms with E-state index in [0.717, 1.165) is 53.8 Å². The summed E-state index contributed by atoms with van der Waals surface area (Å²) < 4.78 is 0. The Morgan fingerprint density at radius 1 is 1.00 bits per heavy atom. The first-order valence-corrected chi connectivity index (χ1v) is 10.4. The number of hydrogen-bond acceptors (Lipinski definition) is 7. The summed E-state index contributed by atoms with van der Waals surface area (Å²) in [6, 6.07) is 8.97. The second-order valence-corrected chi connectivity index (χ2v) is 7.95. The fraction of sp³-hybridized carbons (Fsp3) is 0.364. The number of nitrogens with zero attached hydrogens (tertiary/aromatic N) is 4. The van der Waals surface area contributed by atoms with Gasteiger partial charge in [-0.15, -0.1) is 0 Å². The van der Waals surface area contributed by atoms with Crippen LogP contribution in [0.1, 0.15) is 43.2 Å². The van der Waals surface area contributed by atoms with Crippen LogP contribution in [0.3, 0.4) is 0 Å². The van der Waals surface area contributed by atoms with Gasteiger partial charge in [-0.2, -0.15) is 0 Å². The number of rotatable bonds is 5. The molecule has 1 saturated heterocycles. The van der Waals surface area contributed by atoms with E-state index in [9.17, 15) is 0 Å². The zero-order valence-electron chi connectivity index (χ0n) is 17.0. The number of amidine groups is 1. The monoisotopic (exact) mass is 402 g/mol. The lowest BCUT2D eigenvalue weighted by molar-refractivity contribution is 0.681. The third kappa shape index (κ3) is 3.71. The Morgan fingerprint density at radius 3 is 2.47 bits per heavy atom. The summed E-state index contributed by atoms with van der Waals surface area (Å²) >= 11 is 0. The number of imidazole rings is 1. The maximum atomic E-state index is 5.86. The van der Waals surface area contributed by atoms with Crippen molar-refractivity contribution in [3.63, 3.8) is 0 Å². The lowest BCUT2D eigenvalue weighted by Gasteiger charge is -2.16. The van der Waals surface area contributed by atoms with E-state index in [1.54, 1.807) is 18.6 Å². The van der Waals surface area contributed by atoms with Crippen molar-refractivity contribution in [2.75, 3.05) is 13.1 Å². The molecule has 2 aliphatic rings. The quantitative estimate of drug-likeness (QED) is 0.520. The van der Waals surface area contributed by atoms with E-state index in [2.05, 4.69) is 54.8 Å². The normalized spacial score (nSPS) is 22.0. The van der Waals surface area contributed by atoms with Gasteiger partial charge >= 0.3 is 0 Å². The first-order valence-electron chi connectivity index (χ1n) is 10.4. The Hall–Kier alpha value is -3.10. The summed E-state index contributed by atoms with van der Waals surface area (Å²) in [5.74, 6) is 1.84. The van der Waals surface area contributed by atoms with Gasteiger partial charge in [-0.05, 0) is 31.9 Å². The average Bonchev–Trinajstić information content (AvgIpc) is 3.55. The lowest BCUT2D eigenvalue weighted by Crippen LogP contribution is -2.38. The maximum Gasteiger partial charge on any atom is 0.123 e. The minimum absolute atomic E-state index is 0.144. The van der Waals surface area contributed by atoms with E-state index in [4.69, 9.17) is 10.7 Å². The van der Waals surface area contributed by atoms with Crippen LogP contribution in [0.4, 0.5) is 0 Å². The van der Waals surface area contributed by atoms with Crippen molar-refractivity contribution in [3.05, 3.63) is 54.2 Å². The molecule has 0 spiro atoms. The van der Waals surface area contributed by atoms with Gasteiger partial charge in [0.2, 0.25) is 0 Å². The van der Waals surface area contributed by atoms with Gasteiger partial charge in [0.1, 0.15) is 17.4 Å². The smallest absolute Gasteiger partial charge is 0.123 e. The maximum absolute atomic E-state index is 5.86. The molecule has 0 saturated carbocycles. The van der Waals surface area contributed by atoms with E-state index in [0.29, 0.717) is 6.04 Å². The van der Waals surface area contributed by atoms with Gasteiger partial charge in [0.15, 0.2) is 0 Å². The third-order valence-electron chi connectivity index (χ3n) is 5.72. The number of aromatic nitrogens is 4. The van der Waals surface area contributed by atoms with E-state index in [1.165, 1.54) is 12.0 Å². The van der Waals surface area contributed by atoms with Crippen molar-refractivity contribution in [1.29, 1.82) is 0 Å². The van der Waals surface area contributed by atoms with Crippen molar-refractivity contribution in [2.24, 2.45) is 10.7 Å². The molecule has 0 aliphatic carbocycles. The number of nitrogens with one attached hydrogen (secondary N) is 3. The molecule has 2 aliphatic heterocycles. The second kappa shape index (κ2) is 7.97. The highest BCUT2D eigenvalue weighted by atomic mass is 15.2. The predicted octanol–water partition coefficient (Wildman–Crippen LogP) is 2.35. The standard InChI is InChI=1S/C22H26N8/c1-13(23)21-27-12-20(30-21)19-11-25-17(9-26-19)14-4-6-15(7-5-14)18-10-28-22(29-18)16-3-2-8-24-16/h4-7,9,11-13,16,18,24H,2-3,8,10,23H2,1H3,(H,27,30)(H,28,29)/t13-,16-,18?/m0/s1. The van der Waals surface area contributed by atoms with Crippen LogP contribution in [0.5, 0.6) is 0 Å². The Morgan fingerprint density at radius 2 is 1.80 bits per heavy atom. The highest BCUT2D eigenvalue weighted by molar-refractivity contribution is 5.89. The molecular formula is C22H26N8. The topological polar surface area (TPSA) is 117 Å². The number of hydrogen-bond donors (Lipinski definition) is 4. The molecule has 1 unspecified atom stereocenters. The molecule has 0 amide bonds. The van der Waals surface area contributed by atoms with Crippen LogP contribution in [-0.2, 0) is 0 Å². The third-order valence-corrected chi connectivity index (χ3v) is 5.72. The summed E-state index contributed by atoms with van der Waals surface area (Å²) in [7, 11) is 0. The van der Waals surface area contributed by atoms with Gasteiger partial charge in [-0.3, -0.25) is 15.0 Å². The van der Waals surface area contributed by atoms with Crippen LogP contribution in [0.25, 0.3) is 22.6 Å².